The first-order valence-electron chi connectivity index (χ1n) is 8.75. The number of likely N-dealkylation sites (tertiary alicyclic amines) is 1. The normalized spacial score (nSPS) is 24.1. The van der Waals surface area contributed by atoms with Crippen molar-refractivity contribution in [2.45, 2.75) is 89.4 Å². The summed E-state index contributed by atoms with van der Waals surface area (Å²) in [6.45, 7) is 7.17. The second-order valence-corrected chi connectivity index (χ2v) is 6.80. The van der Waals surface area contributed by atoms with Crippen LogP contribution < -0.4 is 0 Å². The average Bonchev–Trinajstić information content (AvgIpc) is 2.50. The molecule has 0 atom stereocenters. The second kappa shape index (κ2) is 7.77. The number of hydrogen-bond donors (Lipinski definition) is 1. The molecule has 20 heavy (non-hydrogen) atoms. The molecule has 0 radical (unpaired) electrons. The van der Waals surface area contributed by atoms with Crippen LogP contribution in [-0.4, -0.2) is 47.4 Å². The summed E-state index contributed by atoms with van der Waals surface area (Å²) in [4.78, 5) is 2.42. The molecular formula is C17H33NO2. The molecule has 0 aromatic rings. The smallest absolute Gasteiger partial charge is 0.0768 e. The van der Waals surface area contributed by atoms with E-state index in [9.17, 15) is 5.11 Å². The van der Waals surface area contributed by atoms with Gasteiger partial charge in [0.1, 0.15) is 0 Å². The van der Waals surface area contributed by atoms with Crippen molar-refractivity contribution in [1.29, 1.82) is 0 Å². The van der Waals surface area contributed by atoms with Crippen LogP contribution >= 0.6 is 0 Å². The lowest BCUT2D eigenvalue weighted by Gasteiger charge is -2.38. The molecule has 1 saturated carbocycles. The maximum atomic E-state index is 10.4. The molecule has 1 N–H and O–H groups in total. The maximum Gasteiger partial charge on any atom is 0.0768 e. The summed E-state index contributed by atoms with van der Waals surface area (Å²) in [7, 11) is 0. The number of rotatable bonds is 6. The Labute approximate surface area is 124 Å². The minimum atomic E-state index is -0.489. The van der Waals surface area contributed by atoms with Gasteiger partial charge >= 0.3 is 0 Å². The van der Waals surface area contributed by atoms with E-state index in [0.29, 0.717) is 12.2 Å². The largest absolute Gasteiger partial charge is 0.389 e. The molecule has 1 saturated heterocycles. The van der Waals surface area contributed by atoms with E-state index in [2.05, 4.69) is 18.7 Å². The highest BCUT2D eigenvalue weighted by Crippen LogP contribution is 2.25. The van der Waals surface area contributed by atoms with E-state index in [1.54, 1.807) is 0 Å². The van der Waals surface area contributed by atoms with Gasteiger partial charge in [0.05, 0.1) is 17.8 Å². The van der Waals surface area contributed by atoms with E-state index in [-0.39, 0.29) is 0 Å². The molecule has 0 spiro atoms. The fourth-order valence-corrected chi connectivity index (χ4v) is 3.57. The second-order valence-electron chi connectivity index (χ2n) is 6.80. The summed E-state index contributed by atoms with van der Waals surface area (Å²) in [6.07, 6.45) is 11.6. The molecule has 1 heterocycles. The molecule has 2 fully saturated rings. The lowest BCUT2D eigenvalue weighted by Crippen LogP contribution is -2.47. The molecule has 0 amide bonds. The van der Waals surface area contributed by atoms with Crippen LogP contribution in [0, 0.1) is 0 Å². The fraction of sp³-hybridized carbons (Fsp3) is 1.00. The van der Waals surface area contributed by atoms with Gasteiger partial charge in [0, 0.05) is 19.6 Å². The average molecular weight is 283 g/mol. The number of β-amino-alcohol motifs (C(OH)–C–C–N with tert-alkyl or cyclic N) is 1. The van der Waals surface area contributed by atoms with Crippen molar-refractivity contribution in [2.75, 3.05) is 19.6 Å². The quantitative estimate of drug-likeness (QED) is 0.811. The van der Waals surface area contributed by atoms with Crippen LogP contribution in [0.1, 0.15) is 71.6 Å². The summed E-state index contributed by atoms with van der Waals surface area (Å²) in [5.41, 5.74) is -0.489. The predicted molar refractivity (Wildman–Crippen MR) is 83.0 cm³/mol. The van der Waals surface area contributed by atoms with Gasteiger partial charge in [-0.1, -0.05) is 33.1 Å². The van der Waals surface area contributed by atoms with Gasteiger partial charge in [0.15, 0.2) is 0 Å². The molecule has 118 valence electrons. The van der Waals surface area contributed by atoms with E-state index in [4.69, 9.17) is 4.74 Å². The summed E-state index contributed by atoms with van der Waals surface area (Å²) in [5, 5.41) is 10.4. The summed E-state index contributed by atoms with van der Waals surface area (Å²) in [5.74, 6) is 0. The SMILES string of the molecule is CCC(O)(CC)CN1CCC(OC2CCCCC2)CC1. The van der Waals surface area contributed by atoms with Gasteiger partial charge in [-0.2, -0.15) is 0 Å². The highest BCUT2D eigenvalue weighted by molar-refractivity contribution is 4.83. The Hall–Kier alpha value is -0.120. The van der Waals surface area contributed by atoms with Crippen LogP contribution in [0.4, 0.5) is 0 Å². The molecule has 3 nitrogen and oxygen atoms in total. The first-order chi connectivity index (χ1) is 9.65. The number of ether oxygens (including phenoxy) is 1. The maximum absolute atomic E-state index is 10.4. The zero-order valence-corrected chi connectivity index (χ0v) is 13.4. The summed E-state index contributed by atoms with van der Waals surface area (Å²) < 4.78 is 6.27. The highest BCUT2D eigenvalue weighted by atomic mass is 16.5. The van der Waals surface area contributed by atoms with Crippen molar-refractivity contribution >= 4 is 0 Å². The van der Waals surface area contributed by atoms with E-state index < -0.39 is 5.60 Å². The summed E-state index contributed by atoms with van der Waals surface area (Å²) in [6, 6.07) is 0. The van der Waals surface area contributed by atoms with Crippen molar-refractivity contribution in [3.8, 4) is 0 Å². The number of piperidine rings is 1. The summed E-state index contributed by atoms with van der Waals surface area (Å²) >= 11 is 0. The van der Waals surface area contributed by atoms with Gasteiger partial charge < -0.3 is 14.7 Å². The van der Waals surface area contributed by atoms with Crippen LogP contribution in [0.3, 0.4) is 0 Å². The lowest BCUT2D eigenvalue weighted by molar-refractivity contribution is -0.0688. The number of aliphatic hydroxyl groups is 1. The van der Waals surface area contributed by atoms with E-state index in [0.717, 1.165) is 45.3 Å². The van der Waals surface area contributed by atoms with E-state index >= 15 is 0 Å². The van der Waals surface area contributed by atoms with E-state index in [1.807, 2.05) is 0 Å². The van der Waals surface area contributed by atoms with Crippen LogP contribution in [0.2, 0.25) is 0 Å². The van der Waals surface area contributed by atoms with Crippen LogP contribution in [0.5, 0.6) is 0 Å². The molecule has 2 rings (SSSR count). The van der Waals surface area contributed by atoms with Gasteiger partial charge in [-0.15, -0.1) is 0 Å². The third-order valence-corrected chi connectivity index (χ3v) is 5.31. The zero-order chi connectivity index (χ0) is 14.4. The van der Waals surface area contributed by atoms with Crippen molar-refractivity contribution in [1.82, 2.24) is 4.90 Å². The molecule has 0 aromatic heterocycles. The Bertz CT molecular complexity index is 264. The third-order valence-electron chi connectivity index (χ3n) is 5.31. The van der Waals surface area contributed by atoms with E-state index in [1.165, 1.54) is 32.1 Å². The van der Waals surface area contributed by atoms with Gasteiger partial charge in [-0.05, 0) is 38.5 Å². The van der Waals surface area contributed by atoms with Gasteiger partial charge in [0.25, 0.3) is 0 Å². The van der Waals surface area contributed by atoms with Crippen LogP contribution in [0.25, 0.3) is 0 Å². The number of nitrogens with zero attached hydrogens (tertiary/aromatic N) is 1. The molecule has 1 aliphatic heterocycles. The standard InChI is InChI=1S/C17H33NO2/c1-3-17(19,4-2)14-18-12-10-16(11-13-18)20-15-8-6-5-7-9-15/h15-16,19H,3-14H2,1-2H3. The predicted octanol–water partition coefficient (Wildman–Crippen LogP) is 3.35. The first kappa shape index (κ1) is 16.3. The van der Waals surface area contributed by atoms with Crippen LogP contribution in [0.15, 0.2) is 0 Å². The Morgan fingerprint density at radius 1 is 0.950 bits per heavy atom. The van der Waals surface area contributed by atoms with Gasteiger partial charge in [0.2, 0.25) is 0 Å². The molecule has 1 aliphatic carbocycles. The Balaban J connectivity index is 1.69. The molecule has 3 heteroatoms. The number of hydrogen-bond acceptors (Lipinski definition) is 3. The molecule has 0 unspecified atom stereocenters. The molecule has 2 aliphatic rings. The molecule has 0 bridgehead atoms. The van der Waals surface area contributed by atoms with Crippen molar-refractivity contribution in [3.63, 3.8) is 0 Å². The van der Waals surface area contributed by atoms with Crippen molar-refractivity contribution in [2.24, 2.45) is 0 Å². The van der Waals surface area contributed by atoms with Crippen LogP contribution in [-0.2, 0) is 4.74 Å². The fourth-order valence-electron chi connectivity index (χ4n) is 3.57. The Morgan fingerprint density at radius 3 is 2.05 bits per heavy atom. The zero-order valence-electron chi connectivity index (χ0n) is 13.4. The minimum absolute atomic E-state index is 0.464. The Kier molecular flexibility index (Phi) is 6.31. The molecule has 0 aromatic carbocycles. The van der Waals surface area contributed by atoms with Crippen molar-refractivity contribution < 1.29 is 9.84 Å². The minimum Gasteiger partial charge on any atom is -0.389 e. The van der Waals surface area contributed by atoms with Gasteiger partial charge in [-0.25, -0.2) is 0 Å². The monoisotopic (exact) mass is 283 g/mol. The van der Waals surface area contributed by atoms with Crippen molar-refractivity contribution in [3.05, 3.63) is 0 Å². The third kappa shape index (κ3) is 4.71. The lowest BCUT2D eigenvalue weighted by atomic mass is 9.95. The topological polar surface area (TPSA) is 32.7 Å². The first-order valence-corrected chi connectivity index (χ1v) is 8.75. The molecular weight excluding hydrogens is 250 g/mol. The highest BCUT2D eigenvalue weighted by Gasteiger charge is 2.29. The van der Waals surface area contributed by atoms with Gasteiger partial charge in [-0.3, -0.25) is 0 Å². The Morgan fingerprint density at radius 2 is 1.50 bits per heavy atom.